The van der Waals surface area contributed by atoms with Crippen LogP contribution in [0.1, 0.15) is 33.3 Å². The highest BCUT2D eigenvalue weighted by Gasteiger charge is 2.23. The lowest BCUT2D eigenvalue weighted by Gasteiger charge is -2.25. The van der Waals surface area contributed by atoms with Crippen molar-refractivity contribution in [2.24, 2.45) is 0 Å². The summed E-state index contributed by atoms with van der Waals surface area (Å²) in [6.07, 6.45) is 1.70. The van der Waals surface area contributed by atoms with E-state index < -0.39 is 5.97 Å². The average molecular weight is 326 g/mol. The van der Waals surface area contributed by atoms with E-state index in [1.54, 1.807) is 13.0 Å². The van der Waals surface area contributed by atoms with Gasteiger partial charge in [-0.1, -0.05) is 0 Å². The van der Waals surface area contributed by atoms with Gasteiger partial charge in [-0.15, -0.1) is 0 Å². The van der Waals surface area contributed by atoms with E-state index in [2.05, 4.69) is 24.8 Å². The smallest absolute Gasteiger partial charge is 0.352 e. The molecule has 1 heterocycles. The molecule has 24 heavy (non-hydrogen) atoms. The number of esters is 1. The largest absolute Gasteiger partial charge is 0.462 e. The monoisotopic (exact) mass is 326 g/mol. The molecule has 0 fully saturated rings. The maximum atomic E-state index is 11.9. The number of rotatable bonds is 5. The number of carbonyl (C=O) groups is 1. The molecule has 0 saturated carbocycles. The lowest BCUT2D eigenvalue weighted by molar-refractivity contribution is -0.138. The van der Waals surface area contributed by atoms with Crippen LogP contribution in [0.3, 0.4) is 0 Å². The quantitative estimate of drug-likeness (QED) is 0.469. The second-order valence-electron chi connectivity index (χ2n) is 5.35. The third-order valence-corrected chi connectivity index (χ3v) is 3.92. The first-order chi connectivity index (χ1) is 11.5. The molecule has 0 bridgehead atoms. The Morgan fingerprint density at radius 2 is 2.00 bits per heavy atom. The molecular weight excluding hydrogens is 304 g/mol. The van der Waals surface area contributed by atoms with Gasteiger partial charge in [-0.2, -0.15) is 5.26 Å². The Bertz CT molecular complexity index is 737. The van der Waals surface area contributed by atoms with Crippen LogP contribution in [0.25, 0.3) is 5.57 Å². The third-order valence-electron chi connectivity index (χ3n) is 3.92. The minimum absolute atomic E-state index is 0.116. The minimum Gasteiger partial charge on any atom is -0.462 e. The van der Waals surface area contributed by atoms with Crippen LogP contribution in [0, 0.1) is 11.3 Å². The van der Waals surface area contributed by atoms with Crippen molar-refractivity contribution >= 4 is 17.2 Å². The number of ether oxygens (including phenoxy) is 2. The summed E-state index contributed by atoms with van der Waals surface area (Å²) < 4.78 is 10.8. The van der Waals surface area contributed by atoms with Crippen LogP contribution in [0.4, 0.5) is 5.69 Å². The van der Waals surface area contributed by atoms with E-state index in [4.69, 9.17) is 9.47 Å². The van der Waals surface area contributed by atoms with Crippen molar-refractivity contribution in [3.8, 4) is 11.8 Å². The maximum Gasteiger partial charge on any atom is 0.352 e. The number of carbonyl (C=O) groups excluding carboxylic acids is 1. The van der Waals surface area contributed by atoms with Crippen LogP contribution in [-0.4, -0.2) is 25.7 Å². The molecule has 0 N–H and O–H groups in total. The van der Waals surface area contributed by atoms with Gasteiger partial charge < -0.3 is 14.4 Å². The predicted molar refractivity (Wildman–Crippen MR) is 93.6 cm³/mol. The molecule has 0 saturated heterocycles. The fourth-order valence-electron chi connectivity index (χ4n) is 2.66. The molecule has 0 spiro atoms. The van der Waals surface area contributed by atoms with E-state index in [0.717, 1.165) is 29.9 Å². The zero-order valence-electron chi connectivity index (χ0n) is 14.5. The Kier molecular flexibility index (Phi) is 5.64. The maximum absolute atomic E-state index is 11.9. The van der Waals surface area contributed by atoms with Crippen LogP contribution < -0.4 is 9.64 Å². The number of fused-ring (bicyclic) bond motifs is 1. The van der Waals surface area contributed by atoms with Gasteiger partial charge in [-0.25, -0.2) is 4.79 Å². The predicted octanol–water partition coefficient (Wildman–Crippen LogP) is 3.67. The molecule has 2 rings (SSSR count). The van der Waals surface area contributed by atoms with Crippen LogP contribution in [0.15, 0.2) is 35.6 Å². The summed E-state index contributed by atoms with van der Waals surface area (Å²) >= 11 is 0. The van der Waals surface area contributed by atoms with Gasteiger partial charge in [-0.3, -0.25) is 0 Å². The minimum atomic E-state index is -0.664. The summed E-state index contributed by atoms with van der Waals surface area (Å²) in [4.78, 5) is 14.1. The van der Waals surface area contributed by atoms with E-state index in [0.29, 0.717) is 5.75 Å². The highest BCUT2D eigenvalue weighted by Crippen LogP contribution is 2.36. The zero-order chi connectivity index (χ0) is 17.7. The molecule has 0 unspecified atom stereocenters. The summed E-state index contributed by atoms with van der Waals surface area (Å²) in [5.41, 5.74) is 2.82. The molecule has 0 amide bonds. The molecular formula is C19H22N2O3. The highest BCUT2D eigenvalue weighted by molar-refractivity contribution is 5.95. The number of benzene rings is 1. The Labute approximate surface area is 142 Å². The number of nitrogens with zero attached hydrogens (tertiary/aromatic N) is 2. The molecule has 1 aliphatic rings. The van der Waals surface area contributed by atoms with Crippen LogP contribution >= 0.6 is 0 Å². The number of nitriles is 1. The fraction of sp³-hybridized carbons (Fsp3) is 0.368. The van der Waals surface area contributed by atoms with Crippen molar-refractivity contribution in [2.75, 3.05) is 24.6 Å². The average Bonchev–Trinajstić information content (AvgIpc) is 2.56. The number of allylic oxidation sites excluding steroid dienone is 2. The lowest BCUT2D eigenvalue weighted by atomic mass is 10.0. The molecule has 0 aliphatic carbocycles. The van der Waals surface area contributed by atoms with Gasteiger partial charge in [-0.05, 0) is 51.5 Å². The van der Waals surface area contributed by atoms with Crippen molar-refractivity contribution in [3.63, 3.8) is 0 Å². The molecule has 0 atom stereocenters. The lowest BCUT2D eigenvalue weighted by Crippen LogP contribution is -2.22. The fourth-order valence-corrected chi connectivity index (χ4v) is 2.66. The molecule has 0 aromatic heterocycles. The second-order valence-corrected chi connectivity index (χ2v) is 5.35. The highest BCUT2D eigenvalue weighted by atomic mass is 16.5. The summed E-state index contributed by atoms with van der Waals surface area (Å²) in [6, 6.07) is 7.89. The first kappa shape index (κ1) is 17.6. The van der Waals surface area contributed by atoms with Crippen molar-refractivity contribution in [2.45, 2.75) is 27.7 Å². The molecule has 126 valence electrons. The first-order valence-corrected chi connectivity index (χ1v) is 8.12. The van der Waals surface area contributed by atoms with Crippen molar-refractivity contribution in [3.05, 3.63) is 41.2 Å². The number of hydrogen-bond donors (Lipinski definition) is 0. The van der Waals surface area contributed by atoms with Gasteiger partial charge in [0.15, 0.2) is 11.3 Å². The van der Waals surface area contributed by atoms with E-state index in [9.17, 15) is 10.1 Å². The van der Waals surface area contributed by atoms with Crippen molar-refractivity contribution in [1.82, 2.24) is 0 Å². The molecule has 5 heteroatoms. The van der Waals surface area contributed by atoms with Crippen molar-refractivity contribution < 1.29 is 14.3 Å². The summed E-state index contributed by atoms with van der Waals surface area (Å²) in [5.74, 6) is 0.214. The summed E-state index contributed by atoms with van der Waals surface area (Å²) in [6.45, 7) is 9.80. The van der Waals surface area contributed by atoms with Crippen LogP contribution in [-0.2, 0) is 9.53 Å². The molecule has 1 aliphatic heterocycles. The standard InChI is InChI=1S/C19H22N2O3/c1-5-21(6-2)14-8-9-15-13(4)10-17(24-18(15)11-14)16(12-20)19(22)23-7-3/h8-11H,5-7H2,1-4H3/b17-16-. The Hall–Kier alpha value is -2.74. The Morgan fingerprint density at radius 1 is 1.29 bits per heavy atom. The summed E-state index contributed by atoms with van der Waals surface area (Å²) in [5, 5.41) is 9.30. The number of anilines is 1. The zero-order valence-corrected chi connectivity index (χ0v) is 14.5. The second kappa shape index (κ2) is 7.69. The van der Waals surface area contributed by atoms with E-state index in [1.165, 1.54) is 0 Å². The van der Waals surface area contributed by atoms with Gasteiger partial charge >= 0.3 is 5.97 Å². The van der Waals surface area contributed by atoms with Crippen LogP contribution in [0.5, 0.6) is 5.75 Å². The Morgan fingerprint density at radius 3 is 2.58 bits per heavy atom. The molecule has 1 aromatic rings. The summed E-state index contributed by atoms with van der Waals surface area (Å²) in [7, 11) is 0. The van der Waals surface area contributed by atoms with Gasteiger partial charge in [0.05, 0.1) is 6.61 Å². The van der Waals surface area contributed by atoms with Gasteiger partial charge in [0.25, 0.3) is 0 Å². The van der Waals surface area contributed by atoms with Gasteiger partial charge in [0.1, 0.15) is 11.8 Å². The topological polar surface area (TPSA) is 62.6 Å². The Balaban J connectivity index is 2.47. The SMILES string of the molecule is CCOC(=O)/C(C#N)=C1/C=C(C)c2ccc(N(CC)CC)cc2O1. The van der Waals surface area contributed by atoms with Gasteiger partial charge in [0, 0.05) is 30.4 Å². The molecule has 1 aromatic carbocycles. The molecule has 0 radical (unpaired) electrons. The number of hydrogen-bond acceptors (Lipinski definition) is 5. The first-order valence-electron chi connectivity index (χ1n) is 8.12. The van der Waals surface area contributed by atoms with E-state index in [-0.39, 0.29) is 17.9 Å². The normalized spacial score (nSPS) is 14.7. The van der Waals surface area contributed by atoms with E-state index in [1.807, 2.05) is 25.1 Å². The third kappa shape index (κ3) is 3.43. The van der Waals surface area contributed by atoms with E-state index >= 15 is 0 Å². The van der Waals surface area contributed by atoms with Gasteiger partial charge in [0.2, 0.25) is 0 Å². The molecule has 5 nitrogen and oxygen atoms in total. The van der Waals surface area contributed by atoms with Crippen LogP contribution in [0.2, 0.25) is 0 Å². The van der Waals surface area contributed by atoms with Crippen molar-refractivity contribution in [1.29, 1.82) is 5.26 Å².